The van der Waals surface area contributed by atoms with Crippen molar-refractivity contribution in [2.45, 2.75) is 26.1 Å². The molecule has 4 rings (SSSR count). The topological polar surface area (TPSA) is 71.5 Å². The average molecular weight is 368 g/mol. The number of amides is 3. The van der Waals surface area contributed by atoms with Crippen LogP contribution in [0.5, 0.6) is 0 Å². The van der Waals surface area contributed by atoms with Gasteiger partial charge in [0.15, 0.2) is 12.2 Å². The van der Waals surface area contributed by atoms with E-state index < -0.39 is 12.2 Å². The van der Waals surface area contributed by atoms with Crippen LogP contribution in [0.3, 0.4) is 0 Å². The molecule has 3 aliphatic heterocycles. The molecule has 8 heteroatoms. The minimum absolute atomic E-state index is 0.210. The minimum atomic E-state index is -0.491. The highest BCUT2D eigenvalue weighted by atomic mass is 16.2. The monoisotopic (exact) mass is 368 g/mol. The number of rotatable bonds is 4. The number of likely N-dealkylation sites (N-methyl/N-ethyl adjacent to an activating group) is 2. The summed E-state index contributed by atoms with van der Waals surface area (Å²) in [5.74, 6) is 0.538. The van der Waals surface area contributed by atoms with Crippen molar-refractivity contribution in [2.75, 3.05) is 32.5 Å². The van der Waals surface area contributed by atoms with E-state index in [9.17, 15) is 9.59 Å². The third-order valence-corrected chi connectivity index (χ3v) is 5.56. The van der Waals surface area contributed by atoms with Gasteiger partial charge in [0.25, 0.3) is 5.91 Å². The van der Waals surface area contributed by atoms with Crippen molar-refractivity contribution in [3.63, 3.8) is 0 Å². The van der Waals surface area contributed by atoms with Crippen molar-refractivity contribution in [3.05, 3.63) is 41.7 Å². The van der Waals surface area contributed by atoms with E-state index in [1.807, 2.05) is 49.1 Å². The van der Waals surface area contributed by atoms with Crippen LogP contribution in [0, 0.1) is 0 Å². The Labute approximate surface area is 158 Å². The molecule has 0 bridgehead atoms. The molecule has 0 spiro atoms. The lowest BCUT2D eigenvalue weighted by Crippen LogP contribution is -2.63. The van der Waals surface area contributed by atoms with E-state index in [0.29, 0.717) is 6.54 Å². The quantitative estimate of drug-likeness (QED) is 0.873. The molecular formula is C19H24N6O2. The Balaban J connectivity index is 1.55. The van der Waals surface area contributed by atoms with Gasteiger partial charge in [0, 0.05) is 44.3 Å². The van der Waals surface area contributed by atoms with E-state index >= 15 is 0 Å². The molecule has 1 aromatic rings. The summed E-state index contributed by atoms with van der Waals surface area (Å²) in [6, 6.07) is 9.23. The summed E-state index contributed by atoms with van der Waals surface area (Å²) in [5.41, 5.74) is 3.15. The first-order valence-corrected chi connectivity index (χ1v) is 9.07. The fraction of sp³-hybridized carbons (Fsp3) is 0.421. The standard InChI is InChI=1S/C19H24N6O2/c1-12-13(2)25-15-16(22(3)19(27)23(4)17(15)26)21-18(25)24(12)11-10-20-14-8-6-5-7-9-14/h5-9,15-16,20H,10-11H2,1-4H3. The number of anilines is 1. The molecule has 3 aliphatic rings. The van der Waals surface area contributed by atoms with Crippen LogP contribution in [0.4, 0.5) is 10.5 Å². The maximum absolute atomic E-state index is 12.8. The number of hydrogen-bond acceptors (Lipinski definition) is 6. The van der Waals surface area contributed by atoms with Crippen LogP contribution in [0.2, 0.25) is 0 Å². The summed E-state index contributed by atoms with van der Waals surface area (Å²) in [6.45, 7) is 5.50. The highest BCUT2D eigenvalue weighted by Crippen LogP contribution is 2.37. The second-order valence-electron chi connectivity index (χ2n) is 7.06. The Kier molecular flexibility index (Phi) is 4.05. The minimum Gasteiger partial charge on any atom is -0.383 e. The van der Waals surface area contributed by atoms with E-state index in [1.54, 1.807) is 11.9 Å². The van der Waals surface area contributed by atoms with Gasteiger partial charge < -0.3 is 15.1 Å². The largest absolute Gasteiger partial charge is 0.383 e. The summed E-state index contributed by atoms with van der Waals surface area (Å²) in [4.78, 5) is 36.6. The number of nitrogens with one attached hydrogen (secondary N) is 1. The van der Waals surface area contributed by atoms with Gasteiger partial charge in [-0.15, -0.1) is 0 Å². The number of urea groups is 1. The molecular weight excluding hydrogens is 344 g/mol. The first kappa shape index (κ1) is 17.4. The number of nitrogens with zero attached hydrogens (tertiary/aromatic N) is 5. The maximum atomic E-state index is 12.8. The number of benzene rings is 1. The Morgan fingerprint density at radius 2 is 1.78 bits per heavy atom. The summed E-state index contributed by atoms with van der Waals surface area (Å²) < 4.78 is 0. The van der Waals surface area contributed by atoms with Gasteiger partial charge in [0.1, 0.15) is 0 Å². The molecule has 1 N–H and O–H groups in total. The van der Waals surface area contributed by atoms with Gasteiger partial charge in [-0.2, -0.15) is 0 Å². The van der Waals surface area contributed by atoms with E-state index in [-0.39, 0.29) is 11.9 Å². The molecule has 0 radical (unpaired) electrons. The molecule has 0 aliphatic carbocycles. The van der Waals surface area contributed by atoms with Gasteiger partial charge in [0.2, 0.25) is 5.96 Å². The number of carbonyl (C=O) groups is 2. The maximum Gasteiger partial charge on any atom is 0.328 e. The first-order chi connectivity index (χ1) is 12.9. The fourth-order valence-corrected chi connectivity index (χ4v) is 3.90. The van der Waals surface area contributed by atoms with Gasteiger partial charge in [-0.3, -0.25) is 14.6 Å². The van der Waals surface area contributed by atoms with Crippen LogP contribution in [-0.4, -0.2) is 76.9 Å². The Bertz CT molecular complexity index is 849. The van der Waals surface area contributed by atoms with E-state index in [0.717, 1.165) is 29.6 Å². The van der Waals surface area contributed by atoms with Crippen molar-refractivity contribution in [3.8, 4) is 0 Å². The SMILES string of the molecule is CC1=C(C)N2C(=NC3C2C(=O)N(C)C(=O)N3C)N1CCNc1ccccc1. The van der Waals surface area contributed by atoms with Crippen molar-refractivity contribution < 1.29 is 9.59 Å². The summed E-state index contributed by atoms with van der Waals surface area (Å²) in [6.07, 6.45) is -0.483. The lowest BCUT2D eigenvalue weighted by molar-refractivity contribution is -0.135. The zero-order valence-electron chi connectivity index (χ0n) is 16.0. The number of aliphatic imine (C=N–C) groups is 1. The van der Waals surface area contributed by atoms with Gasteiger partial charge in [-0.1, -0.05) is 18.2 Å². The average Bonchev–Trinajstić information content (AvgIpc) is 3.17. The summed E-state index contributed by atoms with van der Waals surface area (Å²) >= 11 is 0. The Morgan fingerprint density at radius 3 is 2.48 bits per heavy atom. The van der Waals surface area contributed by atoms with Crippen molar-refractivity contribution >= 4 is 23.6 Å². The van der Waals surface area contributed by atoms with Gasteiger partial charge in [0.05, 0.1) is 0 Å². The lowest BCUT2D eigenvalue weighted by atomic mass is 10.1. The third-order valence-electron chi connectivity index (χ3n) is 5.56. The molecule has 27 heavy (non-hydrogen) atoms. The molecule has 1 saturated heterocycles. The van der Waals surface area contributed by atoms with E-state index in [4.69, 9.17) is 4.99 Å². The van der Waals surface area contributed by atoms with Crippen LogP contribution >= 0.6 is 0 Å². The smallest absolute Gasteiger partial charge is 0.328 e. The number of imide groups is 1. The summed E-state index contributed by atoms with van der Waals surface area (Å²) in [5, 5.41) is 3.40. The number of hydrogen-bond donors (Lipinski definition) is 1. The second kappa shape index (κ2) is 6.29. The molecule has 2 atom stereocenters. The molecule has 8 nitrogen and oxygen atoms in total. The zero-order valence-corrected chi connectivity index (χ0v) is 16.0. The molecule has 0 saturated carbocycles. The van der Waals surface area contributed by atoms with Crippen molar-refractivity contribution in [2.24, 2.45) is 4.99 Å². The predicted octanol–water partition coefficient (Wildman–Crippen LogP) is 1.56. The van der Waals surface area contributed by atoms with E-state index in [1.165, 1.54) is 11.9 Å². The highest BCUT2D eigenvalue weighted by Gasteiger charge is 2.54. The van der Waals surface area contributed by atoms with Crippen LogP contribution in [0.25, 0.3) is 0 Å². The van der Waals surface area contributed by atoms with Crippen LogP contribution < -0.4 is 5.32 Å². The third kappa shape index (κ3) is 2.55. The predicted molar refractivity (Wildman–Crippen MR) is 103 cm³/mol. The lowest BCUT2D eigenvalue weighted by Gasteiger charge is -2.39. The van der Waals surface area contributed by atoms with Crippen molar-refractivity contribution in [1.29, 1.82) is 0 Å². The van der Waals surface area contributed by atoms with Crippen molar-refractivity contribution in [1.82, 2.24) is 19.6 Å². The highest BCUT2D eigenvalue weighted by molar-refractivity contribution is 6.04. The normalized spacial score (nSPS) is 24.5. The molecule has 3 amide bonds. The number of fused-ring (bicyclic) bond motifs is 3. The second-order valence-corrected chi connectivity index (χ2v) is 7.06. The van der Waals surface area contributed by atoms with Gasteiger partial charge in [-0.05, 0) is 26.0 Å². The van der Waals surface area contributed by atoms with Gasteiger partial charge >= 0.3 is 6.03 Å². The number of allylic oxidation sites excluding steroid dienone is 2. The molecule has 142 valence electrons. The molecule has 1 fully saturated rings. The Morgan fingerprint density at radius 1 is 1.07 bits per heavy atom. The van der Waals surface area contributed by atoms with Gasteiger partial charge in [-0.25, -0.2) is 9.79 Å². The fourth-order valence-electron chi connectivity index (χ4n) is 3.90. The number of carbonyl (C=O) groups excluding carboxylic acids is 2. The van der Waals surface area contributed by atoms with Crippen LogP contribution in [0.1, 0.15) is 13.8 Å². The summed E-state index contributed by atoms with van der Waals surface area (Å²) in [7, 11) is 3.22. The van der Waals surface area contributed by atoms with Crippen LogP contribution in [-0.2, 0) is 4.79 Å². The molecule has 1 aromatic carbocycles. The molecule has 2 unspecified atom stereocenters. The van der Waals surface area contributed by atoms with E-state index in [2.05, 4.69) is 10.2 Å². The molecule has 0 aromatic heterocycles. The number of para-hydroxylation sites is 1. The first-order valence-electron chi connectivity index (χ1n) is 9.07. The zero-order chi connectivity index (χ0) is 19.3. The van der Waals surface area contributed by atoms with Crippen LogP contribution in [0.15, 0.2) is 46.7 Å². The number of guanidine groups is 1. The molecule has 3 heterocycles. The Hall–Kier alpha value is -3.03.